The molecule has 0 bridgehead atoms. The number of hydrogen-bond acceptors (Lipinski definition) is 4. The van der Waals surface area contributed by atoms with Crippen LogP contribution < -0.4 is 5.32 Å². The Labute approximate surface area is 139 Å². The maximum Gasteiger partial charge on any atom is 0.407 e. The van der Waals surface area contributed by atoms with Crippen molar-refractivity contribution in [3.8, 4) is 0 Å². The number of hydrogen-bond donors (Lipinski definition) is 3. The molecule has 0 aliphatic rings. The van der Waals surface area contributed by atoms with Gasteiger partial charge in [0.15, 0.2) is 0 Å². The average Bonchev–Trinajstić information content (AvgIpc) is 2.39. The number of ether oxygens (including phenoxy) is 1. The fourth-order valence-electron chi connectivity index (χ4n) is 1.95. The van der Waals surface area contributed by atoms with E-state index in [1.165, 1.54) is 0 Å². The van der Waals surface area contributed by atoms with Gasteiger partial charge in [-0.1, -0.05) is 28.1 Å². The van der Waals surface area contributed by atoms with Crippen LogP contribution in [-0.4, -0.2) is 34.6 Å². The first-order valence-corrected chi connectivity index (χ1v) is 7.99. The summed E-state index contributed by atoms with van der Waals surface area (Å²) in [6.45, 7) is 7.43. The highest BCUT2D eigenvalue weighted by Gasteiger charge is 2.21. The third-order valence-electron chi connectivity index (χ3n) is 3.10. The van der Waals surface area contributed by atoms with Crippen LogP contribution in [0.2, 0.25) is 0 Å². The molecule has 2 atom stereocenters. The highest BCUT2D eigenvalue weighted by atomic mass is 79.9. The molecule has 0 radical (unpaired) electrons. The molecular weight excluding hydrogens is 350 g/mol. The van der Waals surface area contributed by atoms with Crippen molar-refractivity contribution in [3.63, 3.8) is 0 Å². The Morgan fingerprint density at radius 2 is 2.00 bits per heavy atom. The van der Waals surface area contributed by atoms with Gasteiger partial charge in [0.1, 0.15) is 11.7 Å². The Hall–Kier alpha value is -1.11. The molecule has 6 heteroatoms. The molecule has 1 rings (SSSR count). The molecular formula is C16H24BrNO4. The fraction of sp³-hybridized carbons (Fsp3) is 0.562. The third-order valence-corrected chi connectivity index (χ3v) is 3.96. The van der Waals surface area contributed by atoms with Crippen molar-refractivity contribution in [3.05, 3.63) is 33.8 Å². The van der Waals surface area contributed by atoms with Crippen molar-refractivity contribution in [1.29, 1.82) is 0 Å². The summed E-state index contributed by atoms with van der Waals surface area (Å²) in [6.07, 6.45) is -2.28. The SMILES string of the molecule is Cc1c(Br)cccc1C(O)C(O)CCNC(=O)OC(C)(C)C. The largest absolute Gasteiger partial charge is 0.444 e. The number of carbonyl (C=O) groups excluding carboxylic acids is 1. The van der Waals surface area contributed by atoms with E-state index in [2.05, 4.69) is 21.2 Å². The molecule has 0 aliphatic heterocycles. The smallest absolute Gasteiger partial charge is 0.407 e. The minimum atomic E-state index is -1.00. The Kier molecular flexibility index (Phi) is 6.84. The lowest BCUT2D eigenvalue weighted by Crippen LogP contribution is -2.34. The van der Waals surface area contributed by atoms with Crippen LogP contribution in [0.1, 0.15) is 44.4 Å². The maximum atomic E-state index is 11.5. The van der Waals surface area contributed by atoms with E-state index in [1.54, 1.807) is 32.9 Å². The normalized spacial score (nSPS) is 14.3. The zero-order valence-corrected chi connectivity index (χ0v) is 15.0. The van der Waals surface area contributed by atoms with E-state index in [0.29, 0.717) is 5.56 Å². The predicted molar refractivity (Wildman–Crippen MR) is 88.7 cm³/mol. The van der Waals surface area contributed by atoms with Gasteiger partial charge in [-0.25, -0.2) is 4.79 Å². The molecule has 5 nitrogen and oxygen atoms in total. The second-order valence-electron chi connectivity index (χ2n) is 6.18. The van der Waals surface area contributed by atoms with Crippen LogP contribution >= 0.6 is 15.9 Å². The zero-order chi connectivity index (χ0) is 16.9. The zero-order valence-electron chi connectivity index (χ0n) is 13.4. The molecule has 2 unspecified atom stereocenters. The summed E-state index contributed by atoms with van der Waals surface area (Å²) in [5.74, 6) is 0. The molecule has 0 heterocycles. The number of halogens is 1. The summed E-state index contributed by atoms with van der Waals surface area (Å²) in [5.41, 5.74) is 0.989. The van der Waals surface area contributed by atoms with Crippen LogP contribution in [0.4, 0.5) is 4.79 Å². The van der Waals surface area contributed by atoms with Gasteiger partial charge in [0.2, 0.25) is 0 Å². The molecule has 0 fully saturated rings. The van der Waals surface area contributed by atoms with E-state index in [-0.39, 0.29) is 13.0 Å². The molecule has 0 spiro atoms. The highest BCUT2D eigenvalue weighted by Crippen LogP contribution is 2.27. The molecule has 0 aliphatic carbocycles. The first-order chi connectivity index (χ1) is 10.1. The van der Waals surface area contributed by atoms with E-state index >= 15 is 0 Å². The Bertz CT molecular complexity index is 513. The lowest BCUT2D eigenvalue weighted by atomic mass is 9.98. The summed E-state index contributed by atoms with van der Waals surface area (Å²) < 4.78 is 5.98. The van der Waals surface area contributed by atoms with E-state index in [9.17, 15) is 15.0 Å². The summed E-state index contributed by atoms with van der Waals surface area (Å²) in [6, 6.07) is 5.46. The molecule has 0 aromatic heterocycles. The van der Waals surface area contributed by atoms with Crippen molar-refractivity contribution in [2.75, 3.05) is 6.54 Å². The van der Waals surface area contributed by atoms with E-state index in [1.807, 2.05) is 13.0 Å². The Morgan fingerprint density at radius 3 is 2.59 bits per heavy atom. The summed E-state index contributed by atoms with van der Waals surface area (Å²) in [7, 11) is 0. The van der Waals surface area contributed by atoms with Crippen molar-refractivity contribution < 1.29 is 19.7 Å². The second kappa shape index (κ2) is 7.94. The van der Waals surface area contributed by atoms with Crippen LogP contribution in [-0.2, 0) is 4.74 Å². The van der Waals surface area contributed by atoms with Crippen molar-refractivity contribution in [2.45, 2.75) is 51.9 Å². The average molecular weight is 374 g/mol. The maximum absolute atomic E-state index is 11.5. The van der Waals surface area contributed by atoms with E-state index in [0.717, 1.165) is 10.0 Å². The van der Waals surface area contributed by atoms with Gasteiger partial charge >= 0.3 is 6.09 Å². The number of rotatable bonds is 5. The number of benzene rings is 1. The van der Waals surface area contributed by atoms with Crippen molar-refractivity contribution in [1.82, 2.24) is 5.32 Å². The molecule has 0 saturated heterocycles. The lowest BCUT2D eigenvalue weighted by molar-refractivity contribution is 0.0119. The van der Waals surface area contributed by atoms with Gasteiger partial charge in [-0.05, 0) is 51.3 Å². The van der Waals surface area contributed by atoms with Crippen LogP contribution in [0.15, 0.2) is 22.7 Å². The fourth-order valence-corrected chi connectivity index (χ4v) is 2.33. The van der Waals surface area contributed by atoms with Gasteiger partial charge in [-0.2, -0.15) is 0 Å². The standard InChI is InChI=1S/C16H24BrNO4/c1-10-11(6-5-7-12(10)17)14(20)13(19)8-9-18-15(21)22-16(2,3)4/h5-7,13-14,19-20H,8-9H2,1-4H3,(H,18,21). The van der Waals surface area contributed by atoms with E-state index in [4.69, 9.17) is 4.74 Å². The van der Waals surface area contributed by atoms with Crippen molar-refractivity contribution in [2.24, 2.45) is 0 Å². The number of carbonyl (C=O) groups is 1. The summed E-state index contributed by atoms with van der Waals surface area (Å²) in [4.78, 5) is 11.5. The number of alkyl carbamates (subject to hydrolysis) is 1. The number of aliphatic hydroxyl groups is 2. The number of nitrogens with one attached hydrogen (secondary N) is 1. The van der Waals surface area contributed by atoms with Gasteiger partial charge < -0.3 is 20.3 Å². The van der Waals surface area contributed by atoms with E-state index < -0.39 is 23.9 Å². The first kappa shape index (κ1) is 18.9. The van der Waals surface area contributed by atoms with Crippen LogP contribution in [0.25, 0.3) is 0 Å². The topological polar surface area (TPSA) is 78.8 Å². The lowest BCUT2D eigenvalue weighted by Gasteiger charge is -2.22. The van der Waals surface area contributed by atoms with Crippen LogP contribution in [0.3, 0.4) is 0 Å². The minimum absolute atomic E-state index is 0.222. The third kappa shape index (κ3) is 5.94. The van der Waals surface area contributed by atoms with Gasteiger partial charge in [0.05, 0.1) is 6.10 Å². The van der Waals surface area contributed by atoms with Gasteiger partial charge in [-0.3, -0.25) is 0 Å². The second-order valence-corrected chi connectivity index (χ2v) is 7.04. The number of aliphatic hydroxyl groups excluding tert-OH is 2. The van der Waals surface area contributed by atoms with Crippen LogP contribution in [0, 0.1) is 6.92 Å². The first-order valence-electron chi connectivity index (χ1n) is 7.20. The van der Waals surface area contributed by atoms with Gasteiger partial charge in [-0.15, -0.1) is 0 Å². The Morgan fingerprint density at radius 1 is 1.36 bits per heavy atom. The molecule has 1 aromatic carbocycles. The monoisotopic (exact) mass is 373 g/mol. The highest BCUT2D eigenvalue weighted by molar-refractivity contribution is 9.10. The molecule has 124 valence electrons. The molecule has 0 saturated carbocycles. The molecule has 1 aromatic rings. The van der Waals surface area contributed by atoms with Gasteiger partial charge in [0.25, 0.3) is 0 Å². The van der Waals surface area contributed by atoms with Crippen LogP contribution in [0.5, 0.6) is 0 Å². The summed E-state index contributed by atoms with van der Waals surface area (Å²) in [5, 5.41) is 22.9. The molecule has 22 heavy (non-hydrogen) atoms. The minimum Gasteiger partial charge on any atom is -0.444 e. The predicted octanol–water partition coefficient (Wildman–Crippen LogP) is 3.07. The molecule has 1 amide bonds. The summed E-state index contributed by atoms with van der Waals surface area (Å²) >= 11 is 3.40. The van der Waals surface area contributed by atoms with Crippen molar-refractivity contribution >= 4 is 22.0 Å². The van der Waals surface area contributed by atoms with Gasteiger partial charge in [0, 0.05) is 11.0 Å². The number of amides is 1. The Balaban J connectivity index is 2.50. The quantitative estimate of drug-likeness (QED) is 0.740. The molecule has 3 N–H and O–H groups in total.